The van der Waals surface area contributed by atoms with Crippen molar-refractivity contribution in [2.75, 3.05) is 33.8 Å². The van der Waals surface area contributed by atoms with Crippen molar-refractivity contribution >= 4 is 18.0 Å². The molecule has 32 heavy (non-hydrogen) atoms. The molecule has 0 fully saturated rings. The van der Waals surface area contributed by atoms with E-state index in [0.29, 0.717) is 0 Å². The summed E-state index contributed by atoms with van der Waals surface area (Å²) in [6.45, 7) is 5.08. The van der Waals surface area contributed by atoms with Gasteiger partial charge >= 0.3 is 12.1 Å². The van der Waals surface area contributed by atoms with Gasteiger partial charge in [0, 0.05) is 20.0 Å². The van der Waals surface area contributed by atoms with Gasteiger partial charge in [-0.25, -0.2) is 4.79 Å². The van der Waals surface area contributed by atoms with Crippen LogP contribution in [-0.4, -0.2) is 67.2 Å². The molecule has 3 rings (SSSR count). The molecule has 0 heterocycles. The summed E-state index contributed by atoms with van der Waals surface area (Å²) >= 11 is 0. The molecule has 0 aromatic heterocycles. The Balaban J connectivity index is 1.55. The molecule has 0 aliphatic heterocycles. The van der Waals surface area contributed by atoms with Crippen LogP contribution in [-0.2, 0) is 19.1 Å². The molecule has 2 aromatic carbocycles. The number of carbonyl (C=O) groups is 3. The van der Waals surface area contributed by atoms with E-state index < -0.39 is 17.7 Å². The first kappa shape index (κ1) is 23.3. The van der Waals surface area contributed by atoms with Crippen molar-refractivity contribution in [1.82, 2.24) is 9.80 Å². The number of ether oxygens (including phenoxy) is 2. The van der Waals surface area contributed by atoms with Gasteiger partial charge in [0.2, 0.25) is 5.91 Å². The highest BCUT2D eigenvalue weighted by Crippen LogP contribution is 2.44. The van der Waals surface area contributed by atoms with Gasteiger partial charge in [-0.05, 0) is 43.0 Å². The molecule has 0 bridgehead atoms. The van der Waals surface area contributed by atoms with Crippen molar-refractivity contribution < 1.29 is 23.9 Å². The number of hydrogen-bond donors (Lipinski definition) is 0. The minimum atomic E-state index is -0.626. The monoisotopic (exact) mass is 438 g/mol. The number of fused-ring (bicyclic) bond motifs is 3. The smallest absolute Gasteiger partial charge is 0.409 e. The number of benzene rings is 2. The number of rotatable bonds is 6. The lowest BCUT2D eigenvalue weighted by Gasteiger charge is -2.24. The molecule has 7 nitrogen and oxygen atoms in total. The molecule has 0 unspecified atom stereocenters. The van der Waals surface area contributed by atoms with Crippen molar-refractivity contribution in [3.8, 4) is 11.1 Å². The second kappa shape index (κ2) is 9.42. The Kier molecular flexibility index (Phi) is 6.87. The van der Waals surface area contributed by atoms with E-state index in [-0.39, 0.29) is 31.5 Å². The Hall–Kier alpha value is -3.35. The number of carbonyl (C=O) groups excluding carboxylic acids is 3. The topological polar surface area (TPSA) is 76.2 Å². The van der Waals surface area contributed by atoms with Crippen LogP contribution in [0.3, 0.4) is 0 Å². The summed E-state index contributed by atoms with van der Waals surface area (Å²) in [5.41, 5.74) is 3.92. The molecular weight excluding hydrogens is 408 g/mol. The summed E-state index contributed by atoms with van der Waals surface area (Å²) in [5, 5.41) is 0. The number of amides is 2. The maximum Gasteiger partial charge on any atom is 0.409 e. The quantitative estimate of drug-likeness (QED) is 0.644. The van der Waals surface area contributed by atoms with Crippen LogP contribution >= 0.6 is 0 Å². The molecule has 0 saturated heterocycles. The third kappa shape index (κ3) is 5.46. The van der Waals surface area contributed by atoms with E-state index in [1.54, 1.807) is 20.8 Å². The van der Waals surface area contributed by atoms with E-state index >= 15 is 0 Å². The zero-order valence-electron chi connectivity index (χ0n) is 19.3. The van der Waals surface area contributed by atoms with E-state index in [1.807, 2.05) is 36.4 Å². The fourth-order valence-corrected chi connectivity index (χ4v) is 3.75. The highest BCUT2D eigenvalue weighted by atomic mass is 16.6. The average Bonchev–Trinajstić information content (AvgIpc) is 3.04. The van der Waals surface area contributed by atoms with Crippen molar-refractivity contribution in [3.63, 3.8) is 0 Å². The molecular formula is C25H30N2O5. The van der Waals surface area contributed by atoms with Gasteiger partial charge in [0.15, 0.2) is 0 Å². The lowest BCUT2D eigenvalue weighted by molar-refractivity contribution is -0.158. The second-order valence-corrected chi connectivity index (χ2v) is 9.00. The van der Waals surface area contributed by atoms with Gasteiger partial charge in [-0.3, -0.25) is 9.59 Å². The number of nitrogens with zero attached hydrogens (tertiary/aromatic N) is 2. The summed E-state index contributed by atoms with van der Waals surface area (Å²) in [7, 11) is 3.00. The van der Waals surface area contributed by atoms with Crippen LogP contribution < -0.4 is 0 Å². The largest absolute Gasteiger partial charge is 0.459 e. The minimum Gasteiger partial charge on any atom is -0.459 e. The van der Waals surface area contributed by atoms with E-state index in [1.165, 1.54) is 23.9 Å². The van der Waals surface area contributed by atoms with E-state index in [9.17, 15) is 14.4 Å². The first-order chi connectivity index (χ1) is 15.1. The van der Waals surface area contributed by atoms with Gasteiger partial charge in [-0.15, -0.1) is 0 Å². The summed E-state index contributed by atoms with van der Waals surface area (Å²) in [4.78, 5) is 39.3. The number of hydrogen-bond acceptors (Lipinski definition) is 5. The van der Waals surface area contributed by atoms with Crippen molar-refractivity contribution in [3.05, 3.63) is 59.7 Å². The van der Waals surface area contributed by atoms with Crippen LogP contribution in [0.25, 0.3) is 11.1 Å². The van der Waals surface area contributed by atoms with Crippen LogP contribution in [0.2, 0.25) is 0 Å². The van der Waals surface area contributed by atoms with Gasteiger partial charge < -0.3 is 19.3 Å². The Bertz CT molecular complexity index is 966. The molecule has 0 saturated carbocycles. The first-order valence-electron chi connectivity index (χ1n) is 10.6. The predicted molar refractivity (Wildman–Crippen MR) is 121 cm³/mol. The van der Waals surface area contributed by atoms with Crippen LogP contribution in [0.15, 0.2) is 48.5 Å². The average molecular weight is 439 g/mol. The van der Waals surface area contributed by atoms with Crippen LogP contribution in [0.1, 0.15) is 37.8 Å². The predicted octanol–water partition coefficient (Wildman–Crippen LogP) is 3.67. The zero-order chi connectivity index (χ0) is 23.5. The van der Waals surface area contributed by atoms with Crippen molar-refractivity contribution in [2.24, 2.45) is 0 Å². The SMILES string of the molecule is CN(CC(=O)OC(C)(C)C)C(=O)CN(C)C(=O)OCC1c2ccccc2-c2ccccc21. The Labute approximate surface area is 188 Å². The van der Waals surface area contributed by atoms with Crippen LogP contribution in [0, 0.1) is 0 Å². The molecule has 170 valence electrons. The fourth-order valence-electron chi connectivity index (χ4n) is 3.75. The fraction of sp³-hybridized carbons (Fsp3) is 0.400. The minimum absolute atomic E-state index is 0.0507. The maximum absolute atomic E-state index is 12.5. The normalized spacial score (nSPS) is 12.5. The second-order valence-electron chi connectivity index (χ2n) is 9.00. The Morgan fingerprint density at radius 1 is 0.844 bits per heavy atom. The molecule has 0 spiro atoms. The lowest BCUT2D eigenvalue weighted by Crippen LogP contribution is -2.42. The third-order valence-corrected chi connectivity index (χ3v) is 5.23. The van der Waals surface area contributed by atoms with Crippen LogP contribution in [0.4, 0.5) is 4.79 Å². The van der Waals surface area contributed by atoms with Gasteiger partial charge in [-0.2, -0.15) is 0 Å². The molecule has 1 aliphatic carbocycles. The zero-order valence-corrected chi connectivity index (χ0v) is 19.3. The molecule has 2 aromatic rings. The third-order valence-electron chi connectivity index (χ3n) is 5.23. The van der Waals surface area contributed by atoms with E-state index in [0.717, 1.165) is 22.3 Å². The van der Waals surface area contributed by atoms with Gasteiger partial charge in [0.1, 0.15) is 25.3 Å². The summed E-state index contributed by atoms with van der Waals surface area (Å²) in [5.74, 6) is -0.936. The highest BCUT2D eigenvalue weighted by Gasteiger charge is 2.30. The Morgan fingerprint density at radius 3 is 1.91 bits per heavy atom. The molecule has 0 atom stereocenters. The van der Waals surface area contributed by atoms with Crippen molar-refractivity contribution in [2.45, 2.75) is 32.3 Å². The van der Waals surface area contributed by atoms with Crippen LogP contribution in [0.5, 0.6) is 0 Å². The number of esters is 1. The maximum atomic E-state index is 12.5. The van der Waals surface area contributed by atoms with Gasteiger partial charge in [-0.1, -0.05) is 48.5 Å². The molecule has 0 radical (unpaired) electrons. The standard InChI is InChI=1S/C25H30N2O5/c1-25(2,3)32-23(29)15-26(4)22(28)14-27(5)24(30)31-16-21-19-12-8-6-10-17(19)18-11-7-9-13-20(18)21/h6-13,21H,14-16H2,1-5H3. The van der Waals surface area contributed by atoms with Crippen molar-refractivity contribution in [1.29, 1.82) is 0 Å². The lowest BCUT2D eigenvalue weighted by atomic mass is 9.98. The number of likely N-dealkylation sites (N-methyl/N-ethyl adjacent to an activating group) is 2. The molecule has 0 N–H and O–H groups in total. The summed E-state index contributed by atoms with van der Waals surface area (Å²) in [6, 6.07) is 16.2. The van der Waals surface area contributed by atoms with Gasteiger partial charge in [0.25, 0.3) is 0 Å². The van der Waals surface area contributed by atoms with E-state index in [2.05, 4.69) is 12.1 Å². The Morgan fingerprint density at radius 2 is 1.38 bits per heavy atom. The molecule has 2 amide bonds. The summed E-state index contributed by atoms with van der Waals surface area (Å²) < 4.78 is 10.8. The molecule has 1 aliphatic rings. The van der Waals surface area contributed by atoms with Gasteiger partial charge in [0.05, 0.1) is 0 Å². The summed E-state index contributed by atoms with van der Waals surface area (Å²) in [6.07, 6.45) is -0.592. The molecule has 7 heteroatoms. The highest BCUT2D eigenvalue weighted by molar-refractivity contribution is 5.85. The first-order valence-corrected chi connectivity index (χ1v) is 10.6. The van der Waals surface area contributed by atoms with E-state index in [4.69, 9.17) is 9.47 Å².